The van der Waals surface area contributed by atoms with Gasteiger partial charge in [0.25, 0.3) is 0 Å². The molecule has 1 amide bonds. The van der Waals surface area contributed by atoms with Crippen LogP contribution in [0.5, 0.6) is 0 Å². The zero-order valence-electron chi connectivity index (χ0n) is 23.6. The number of benzene rings is 5. The molecule has 0 heterocycles. The van der Waals surface area contributed by atoms with E-state index in [9.17, 15) is 4.79 Å². The summed E-state index contributed by atoms with van der Waals surface area (Å²) in [7, 11) is 0. The van der Waals surface area contributed by atoms with E-state index in [1.165, 1.54) is 11.1 Å². The maximum absolute atomic E-state index is 12.7. The van der Waals surface area contributed by atoms with Crippen molar-refractivity contribution in [3.8, 4) is 0 Å². The van der Waals surface area contributed by atoms with Gasteiger partial charge in [-0.3, -0.25) is 4.90 Å². The molecule has 0 atom stereocenters. The molecule has 0 aliphatic heterocycles. The summed E-state index contributed by atoms with van der Waals surface area (Å²) >= 11 is 3.36. The first kappa shape index (κ1) is 31.2. The molecule has 41 heavy (non-hydrogen) atoms. The van der Waals surface area contributed by atoms with Gasteiger partial charge in [-0.15, -0.1) is 0 Å². The standard InChI is InChI=1S/C22H21NO2.C7H7Br.C7H9N/c1-18-12-14-21(15-13-18)23(16-19-8-4-2-5-9-19)22(24)25-17-20-10-6-3-7-11-20;8-6-7-4-2-1-3-5-7;1-6-2-4-7(8)5-3-6/h2-15H,16-17H2,1H3;1-5H,6H2;2-5H,8H2,1H3. The summed E-state index contributed by atoms with van der Waals surface area (Å²) in [5.74, 6) is 0. The van der Waals surface area contributed by atoms with Crippen LogP contribution in [0.4, 0.5) is 16.2 Å². The Morgan fingerprint density at radius 1 is 0.634 bits per heavy atom. The summed E-state index contributed by atoms with van der Waals surface area (Å²) in [6.07, 6.45) is -0.350. The highest BCUT2D eigenvalue weighted by molar-refractivity contribution is 9.08. The van der Waals surface area contributed by atoms with Crippen LogP contribution in [0.3, 0.4) is 0 Å². The smallest absolute Gasteiger partial charge is 0.414 e. The number of ether oxygens (including phenoxy) is 1. The van der Waals surface area contributed by atoms with Crippen LogP contribution in [0, 0.1) is 13.8 Å². The number of rotatable bonds is 6. The number of aryl methyl sites for hydroxylation is 2. The first-order chi connectivity index (χ1) is 19.9. The molecule has 0 fully saturated rings. The molecule has 5 aromatic carbocycles. The number of alkyl halides is 1. The second-order valence-corrected chi connectivity index (χ2v) is 10.0. The fraction of sp³-hybridized carbons (Fsp3) is 0.139. The monoisotopic (exact) mass is 608 g/mol. The maximum atomic E-state index is 12.7. The van der Waals surface area contributed by atoms with E-state index in [1.54, 1.807) is 4.90 Å². The van der Waals surface area contributed by atoms with Crippen LogP contribution in [0.2, 0.25) is 0 Å². The molecule has 0 spiro atoms. The fourth-order valence-electron chi connectivity index (χ4n) is 3.68. The van der Waals surface area contributed by atoms with Crippen LogP contribution in [0.1, 0.15) is 27.8 Å². The molecule has 2 N–H and O–H groups in total. The summed E-state index contributed by atoms with van der Waals surface area (Å²) in [4.78, 5) is 14.4. The van der Waals surface area contributed by atoms with Gasteiger partial charge in [0, 0.05) is 16.7 Å². The number of amides is 1. The van der Waals surface area contributed by atoms with Gasteiger partial charge in [-0.1, -0.05) is 142 Å². The van der Waals surface area contributed by atoms with Crippen molar-refractivity contribution in [1.82, 2.24) is 0 Å². The Bertz CT molecular complexity index is 1390. The molecule has 5 rings (SSSR count). The van der Waals surface area contributed by atoms with Crippen LogP contribution >= 0.6 is 15.9 Å². The van der Waals surface area contributed by atoms with Crippen molar-refractivity contribution in [1.29, 1.82) is 0 Å². The SMILES string of the molecule is BrCc1ccccc1.Cc1ccc(N(Cc2ccccc2)C(=O)OCc2ccccc2)cc1.Cc1ccc(N)cc1. The molecule has 0 aliphatic rings. The summed E-state index contributed by atoms with van der Waals surface area (Å²) in [5.41, 5.74) is 12.8. The zero-order chi connectivity index (χ0) is 29.3. The normalized spacial score (nSPS) is 9.83. The van der Waals surface area contributed by atoms with E-state index >= 15 is 0 Å². The van der Waals surface area contributed by atoms with E-state index in [4.69, 9.17) is 10.5 Å². The third kappa shape index (κ3) is 11.7. The van der Waals surface area contributed by atoms with E-state index in [2.05, 4.69) is 28.1 Å². The second kappa shape index (κ2) is 17.4. The number of halogens is 1. The van der Waals surface area contributed by atoms with Crippen LogP contribution in [0.15, 0.2) is 140 Å². The Morgan fingerprint density at radius 3 is 1.51 bits per heavy atom. The predicted octanol–water partition coefficient (Wildman–Crippen LogP) is 9.50. The number of anilines is 2. The lowest BCUT2D eigenvalue weighted by molar-refractivity contribution is 0.146. The Morgan fingerprint density at radius 2 is 1.07 bits per heavy atom. The van der Waals surface area contributed by atoms with Gasteiger partial charge >= 0.3 is 6.09 Å². The Balaban J connectivity index is 0.000000234. The molecule has 5 heteroatoms. The minimum atomic E-state index is -0.350. The zero-order valence-corrected chi connectivity index (χ0v) is 25.2. The fourth-order valence-corrected chi connectivity index (χ4v) is 4.06. The third-order valence-electron chi connectivity index (χ3n) is 6.03. The molecule has 0 aliphatic carbocycles. The molecule has 0 radical (unpaired) electrons. The van der Waals surface area contributed by atoms with E-state index in [1.807, 2.05) is 141 Å². The second-order valence-electron chi connectivity index (χ2n) is 9.48. The molecule has 0 saturated heterocycles. The third-order valence-corrected chi connectivity index (χ3v) is 6.68. The van der Waals surface area contributed by atoms with Gasteiger partial charge in [0.05, 0.1) is 6.54 Å². The van der Waals surface area contributed by atoms with Gasteiger partial charge in [-0.05, 0) is 54.8 Å². The Labute approximate surface area is 252 Å². The topological polar surface area (TPSA) is 55.6 Å². The van der Waals surface area contributed by atoms with Crippen molar-refractivity contribution in [2.45, 2.75) is 32.3 Å². The summed E-state index contributed by atoms with van der Waals surface area (Å²) < 4.78 is 5.53. The van der Waals surface area contributed by atoms with Gasteiger partial charge < -0.3 is 10.5 Å². The first-order valence-electron chi connectivity index (χ1n) is 13.5. The van der Waals surface area contributed by atoms with Gasteiger partial charge in [0.15, 0.2) is 0 Å². The van der Waals surface area contributed by atoms with Crippen molar-refractivity contribution >= 4 is 33.4 Å². The number of carbonyl (C=O) groups is 1. The number of hydrogen-bond donors (Lipinski definition) is 1. The molecule has 0 saturated carbocycles. The van der Waals surface area contributed by atoms with Crippen molar-refractivity contribution < 1.29 is 9.53 Å². The van der Waals surface area contributed by atoms with E-state index in [-0.39, 0.29) is 12.7 Å². The van der Waals surface area contributed by atoms with Crippen LogP contribution in [0.25, 0.3) is 0 Å². The quantitative estimate of drug-likeness (QED) is 0.154. The van der Waals surface area contributed by atoms with Crippen LogP contribution in [-0.2, 0) is 23.2 Å². The average Bonchev–Trinajstić information content (AvgIpc) is 3.03. The van der Waals surface area contributed by atoms with Gasteiger partial charge in [0.2, 0.25) is 0 Å². The highest BCUT2D eigenvalue weighted by atomic mass is 79.9. The van der Waals surface area contributed by atoms with E-state index in [0.29, 0.717) is 6.54 Å². The summed E-state index contributed by atoms with van der Waals surface area (Å²) in [6.45, 7) is 4.80. The highest BCUT2D eigenvalue weighted by Crippen LogP contribution is 2.20. The molecule has 210 valence electrons. The number of hydrogen-bond acceptors (Lipinski definition) is 3. The summed E-state index contributed by atoms with van der Waals surface area (Å²) in [5, 5.41) is 0.952. The number of carbonyl (C=O) groups excluding carboxylic acids is 1. The first-order valence-corrected chi connectivity index (χ1v) is 14.6. The number of nitrogens with zero attached hydrogens (tertiary/aromatic N) is 1. The lowest BCUT2D eigenvalue weighted by Crippen LogP contribution is -2.31. The van der Waals surface area contributed by atoms with Crippen LogP contribution in [-0.4, -0.2) is 6.09 Å². The van der Waals surface area contributed by atoms with Crippen LogP contribution < -0.4 is 10.6 Å². The molecular formula is C36H37BrN2O2. The van der Waals surface area contributed by atoms with Gasteiger partial charge in [-0.25, -0.2) is 4.79 Å². The maximum Gasteiger partial charge on any atom is 0.414 e. The van der Waals surface area contributed by atoms with Crippen molar-refractivity contribution in [3.63, 3.8) is 0 Å². The van der Waals surface area contributed by atoms with Gasteiger partial charge in [-0.2, -0.15) is 0 Å². The predicted molar refractivity (Wildman–Crippen MR) is 175 cm³/mol. The van der Waals surface area contributed by atoms with E-state index in [0.717, 1.165) is 33.4 Å². The van der Waals surface area contributed by atoms with Gasteiger partial charge in [0.1, 0.15) is 6.61 Å². The lowest BCUT2D eigenvalue weighted by Gasteiger charge is -2.22. The lowest BCUT2D eigenvalue weighted by atomic mass is 10.2. The molecular weight excluding hydrogens is 572 g/mol. The Kier molecular flexibility index (Phi) is 13.2. The molecule has 0 bridgehead atoms. The van der Waals surface area contributed by atoms with E-state index < -0.39 is 0 Å². The Hall–Kier alpha value is -4.35. The van der Waals surface area contributed by atoms with Crippen molar-refractivity contribution in [2.24, 2.45) is 0 Å². The molecule has 4 nitrogen and oxygen atoms in total. The minimum Gasteiger partial charge on any atom is -0.444 e. The minimum absolute atomic E-state index is 0.261. The average molecular weight is 610 g/mol. The number of nitrogen functional groups attached to an aromatic ring is 1. The van der Waals surface area contributed by atoms with Crippen molar-refractivity contribution in [3.05, 3.63) is 167 Å². The number of nitrogens with two attached hydrogens (primary N) is 1. The van der Waals surface area contributed by atoms with Crippen molar-refractivity contribution in [2.75, 3.05) is 10.6 Å². The summed E-state index contributed by atoms with van der Waals surface area (Å²) in [6, 6.07) is 45.6. The molecule has 0 aromatic heterocycles. The highest BCUT2D eigenvalue weighted by Gasteiger charge is 2.18. The largest absolute Gasteiger partial charge is 0.444 e. The molecule has 5 aromatic rings. The molecule has 0 unspecified atom stereocenters.